The third kappa shape index (κ3) is 5.64. The minimum Gasteiger partial charge on any atom is -0.497 e. The zero-order valence-corrected chi connectivity index (χ0v) is 20.1. The molecule has 0 bridgehead atoms. The molecule has 1 amide bonds. The Hall–Kier alpha value is -3.94. The lowest BCUT2D eigenvalue weighted by Crippen LogP contribution is -2.30. The number of methoxy groups -OCH3 is 1. The van der Waals surface area contributed by atoms with Crippen LogP contribution in [0, 0.1) is 0 Å². The first-order valence-corrected chi connectivity index (χ1v) is 11.3. The van der Waals surface area contributed by atoms with Gasteiger partial charge in [0.15, 0.2) is 5.78 Å². The average Bonchev–Trinajstić information content (AvgIpc) is 2.83. The number of anilines is 1. The Bertz CT molecular complexity index is 1330. The number of amides is 1. The molecule has 1 heterocycles. The number of ketones is 1. The van der Waals surface area contributed by atoms with Gasteiger partial charge in [-0.15, -0.1) is 0 Å². The maximum absolute atomic E-state index is 13.1. The monoisotopic (exact) mass is 494 g/mol. The molecule has 8 heteroatoms. The predicted molar refractivity (Wildman–Crippen MR) is 132 cm³/mol. The number of ether oxygens (including phenoxy) is 1. The lowest BCUT2D eigenvalue weighted by Gasteiger charge is -2.29. The second-order valence-electron chi connectivity index (χ2n) is 9.28. The number of hydrogen-bond donors (Lipinski definition) is 1. The van der Waals surface area contributed by atoms with Crippen molar-refractivity contribution in [1.29, 1.82) is 0 Å². The molecule has 3 aromatic rings. The van der Waals surface area contributed by atoms with Crippen LogP contribution in [-0.4, -0.2) is 30.1 Å². The second-order valence-corrected chi connectivity index (χ2v) is 9.28. The van der Waals surface area contributed by atoms with Crippen molar-refractivity contribution in [1.82, 2.24) is 0 Å². The van der Waals surface area contributed by atoms with E-state index in [4.69, 9.17) is 9.73 Å². The van der Waals surface area contributed by atoms with E-state index in [1.807, 2.05) is 32.0 Å². The predicted octanol–water partition coefficient (Wildman–Crippen LogP) is 6.36. The van der Waals surface area contributed by atoms with Gasteiger partial charge in [-0.05, 0) is 86.5 Å². The van der Waals surface area contributed by atoms with Crippen LogP contribution in [0.1, 0.15) is 57.7 Å². The Morgan fingerprint density at radius 1 is 0.972 bits per heavy atom. The number of carbonyl (C=O) groups excluding carboxylic acids is 2. The van der Waals surface area contributed by atoms with E-state index in [2.05, 4.69) is 5.32 Å². The Morgan fingerprint density at radius 3 is 2.22 bits per heavy atom. The summed E-state index contributed by atoms with van der Waals surface area (Å²) < 4.78 is 43.5. The highest BCUT2D eigenvalue weighted by atomic mass is 19.4. The van der Waals surface area contributed by atoms with E-state index in [1.54, 1.807) is 31.4 Å². The zero-order valence-electron chi connectivity index (χ0n) is 20.1. The highest BCUT2D eigenvalue weighted by molar-refractivity contribution is 6.17. The van der Waals surface area contributed by atoms with Crippen LogP contribution in [0.15, 0.2) is 71.7 Å². The summed E-state index contributed by atoms with van der Waals surface area (Å²) in [5.41, 5.74) is 2.53. The number of hydrogen-bond acceptors (Lipinski definition) is 4. The minimum absolute atomic E-state index is 0.0928. The summed E-state index contributed by atoms with van der Waals surface area (Å²) in [6, 6.07) is 16.1. The Morgan fingerprint density at radius 2 is 1.61 bits per heavy atom. The van der Waals surface area contributed by atoms with Gasteiger partial charge in [0.2, 0.25) is 0 Å². The molecule has 0 fully saturated rings. The number of halogens is 3. The van der Waals surface area contributed by atoms with Crippen LogP contribution in [0.25, 0.3) is 0 Å². The third-order valence-electron chi connectivity index (χ3n) is 5.96. The highest BCUT2D eigenvalue weighted by Gasteiger charge is 2.30. The molecule has 0 saturated carbocycles. The topological polar surface area (TPSA) is 67.8 Å². The number of benzene rings is 3. The van der Waals surface area contributed by atoms with Gasteiger partial charge >= 0.3 is 6.18 Å². The fourth-order valence-corrected chi connectivity index (χ4v) is 4.18. The van der Waals surface area contributed by atoms with Crippen LogP contribution >= 0.6 is 0 Å². The number of nitrogens with one attached hydrogen (secondary N) is 1. The van der Waals surface area contributed by atoms with E-state index >= 15 is 0 Å². The molecule has 3 aromatic carbocycles. The van der Waals surface area contributed by atoms with Crippen molar-refractivity contribution in [2.75, 3.05) is 12.4 Å². The molecule has 186 valence electrons. The van der Waals surface area contributed by atoms with Crippen LogP contribution < -0.4 is 10.1 Å². The number of rotatable bonds is 6. The first kappa shape index (κ1) is 25.2. The van der Waals surface area contributed by atoms with E-state index in [-0.39, 0.29) is 23.3 Å². The van der Waals surface area contributed by atoms with Gasteiger partial charge in [0, 0.05) is 22.4 Å². The number of nitrogens with zero attached hydrogens (tertiary/aromatic N) is 1. The van der Waals surface area contributed by atoms with Gasteiger partial charge in [0.05, 0.1) is 30.3 Å². The van der Waals surface area contributed by atoms with E-state index in [1.165, 1.54) is 0 Å². The number of aliphatic imine (C=N–C) groups is 1. The largest absolute Gasteiger partial charge is 0.497 e. The van der Waals surface area contributed by atoms with Crippen molar-refractivity contribution in [2.45, 2.75) is 38.4 Å². The Kier molecular flexibility index (Phi) is 6.71. The molecule has 0 unspecified atom stereocenters. The van der Waals surface area contributed by atoms with Crippen molar-refractivity contribution < 1.29 is 27.5 Å². The molecular weight excluding hydrogens is 469 g/mol. The molecular formula is C28H25F3N2O3. The molecule has 5 nitrogen and oxygen atoms in total. The highest BCUT2D eigenvalue weighted by Crippen LogP contribution is 2.31. The fraction of sp³-hybridized carbons (Fsp3) is 0.250. The van der Waals surface area contributed by atoms with Crippen molar-refractivity contribution in [2.24, 2.45) is 4.99 Å². The van der Waals surface area contributed by atoms with Gasteiger partial charge in [0.1, 0.15) is 5.75 Å². The van der Waals surface area contributed by atoms with Crippen LogP contribution in [-0.2, 0) is 12.6 Å². The summed E-state index contributed by atoms with van der Waals surface area (Å²) in [7, 11) is 1.59. The second kappa shape index (κ2) is 9.60. The zero-order chi connectivity index (χ0) is 26.1. The van der Waals surface area contributed by atoms with Crippen LogP contribution in [0.5, 0.6) is 5.75 Å². The third-order valence-corrected chi connectivity index (χ3v) is 5.96. The average molecular weight is 495 g/mol. The maximum Gasteiger partial charge on any atom is 0.416 e. The lowest BCUT2D eigenvalue weighted by atomic mass is 9.85. The fourth-order valence-electron chi connectivity index (χ4n) is 4.18. The summed E-state index contributed by atoms with van der Waals surface area (Å²) in [5.74, 6) is 0.0229. The standard InChI is InChI=1S/C28H25F3N2O3/c1-27(2)16-19-8-13-22(36-3)14-23(19)24(33-27)15-25(34)17-6-11-21(12-7-17)32-26(35)18-4-9-20(10-5-18)28(29,30)31/h4-14H,15-16H2,1-3H3,(H,32,35). The van der Waals surface area contributed by atoms with E-state index in [0.29, 0.717) is 22.7 Å². The molecule has 36 heavy (non-hydrogen) atoms. The summed E-state index contributed by atoms with van der Waals surface area (Å²) in [5, 5.41) is 2.63. The number of Topliss-reactive ketones (excluding diaryl/α,β-unsaturated/α-hetero) is 1. The van der Waals surface area contributed by atoms with Crippen molar-refractivity contribution in [3.8, 4) is 5.75 Å². The molecule has 4 rings (SSSR count). The van der Waals surface area contributed by atoms with E-state index in [0.717, 1.165) is 41.8 Å². The van der Waals surface area contributed by atoms with Crippen molar-refractivity contribution >= 4 is 23.1 Å². The molecule has 1 aliphatic rings. The molecule has 1 aliphatic heterocycles. The molecule has 0 aliphatic carbocycles. The first-order valence-electron chi connectivity index (χ1n) is 11.3. The molecule has 0 atom stereocenters. The normalized spacial score (nSPS) is 14.4. The van der Waals surface area contributed by atoms with Gasteiger partial charge in [0.25, 0.3) is 5.91 Å². The van der Waals surface area contributed by atoms with Gasteiger partial charge in [-0.3, -0.25) is 14.6 Å². The van der Waals surface area contributed by atoms with Gasteiger partial charge in [-0.2, -0.15) is 13.2 Å². The summed E-state index contributed by atoms with van der Waals surface area (Å²) in [4.78, 5) is 30.3. The summed E-state index contributed by atoms with van der Waals surface area (Å²) in [6.45, 7) is 4.05. The van der Waals surface area contributed by atoms with E-state index in [9.17, 15) is 22.8 Å². The lowest BCUT2D eigenvalue weighted by molar-refractivity contribution is -0.137. The summed E-state index contributed by atoms with van der Waals surface area (Å²) >= 11 is 0. The quantitative estimate of drug-likeness (QED) is 0.405. The number of alkyl halides is 3. The molecule has 1 N–H and O–H groups in total. The van der Waals surface area contributed by atoms with Crippen LogP contribution in [0.2, 0.25) is 0 Å². The van der Waals surface area contributed by atoms with Crippen molar-refractivity contribution in [3.05, 3.63) is 94.5 Å². The molecule has 0 aromatic heterocycles. The smallest absolute Gasteiger partial charge is 0.416 e. The van der Waals surface area contributed by atoms with E-state index < -0.39 is 17.6 Å². The molecule has 0 spiro atoms. The van der Waals surface area contributed by atoms with Crippen LogP contribution in [0.3, 0.4) is 0 Å². The van der Waals surface area contributed by atoms with Gasteiger partial charge < -0.3 is 10.1 Å². The molecule has 0 radical (unpaired) electrons. The summed E-state index contributed by atoms with van der Waals surface area (Å²) in [6.07, 6.45) is -3.59. The van der Waals surface area contributed by atoms with Crippen molar-refractivity contribution in [3.63, 3.8) is 0 Å². The molecule has 0 saturated heterocycles. The Labute approximate surface area is 207 Å². The van der Waals surface area contributed by atoms with Gasteiger partial charge in [-0.1, -0.05) is 6.07 Å². The van der Waals surface area contributed by atoms with Gasteiger partial charge in [-0.25, -0.2) is 0 Å². The maximum atomic E-state index is 13.1. The number of carbonyl (C=O) groups is 2. The van der Waals surface area contributed by atoms with Crippen LogP contribution in [0.4, 0.5) is 18.9 Å². The first-order chi connectivity index (χ1) is 16.9. The number of fused-ring (bicyclic) bond motifs is 1. The minimum atomic E-state index is -4.47. The SMILES string of the molecule is COc1ccc2c(c1)C(CC(=O)c1ccc(NC(=O)c3ccc(C(F)(F)F)cc3)cc1)=NC(C)(C)C2. The Balaban J connectivity index is 1.46.